The number of carbonyl (C=O) groups excluding carboxylic acids is 2. The smallest absolute Gasteiger partial charge is 0.323 e. The average Bonchev–Trinajstić information content (AvgIpc) is 3.22. The van der Waals surface area contributed by atoms with E-state index in [1.54, 1.807) is 24.3 Å². The van der Waals surface area contributed by atoms with Gasteiger partial charge in [-0.05, 0) is 71.3 Å². The molecule has 162 valence electrons. The molecule has 0 atom stereocenters. The maximum Gasteiger partial charge on any atom is 0.323 e. The summed E-state index contributed by atoms with van der Waals surface area (Å²) >= 11 is 0. The normalized spacial score (nSPS) is 11.9. The van der Waals surface area contributed by atoms with E-state index in [1.165, 1.54) is 0 Å². The molecule has 0 radical (unpaired) electrons. The van der Waals surface area contributed by atoms with Gasteiger partial charge >= 0.3 is 6.03 Å². The maximum absolute atomic E-state index is 12.4. The van der Waals surface area contributed by atoms with Gasteiger partial charge in [0.05, 0.1) is 0 Å². The van der Waals surface area contributed by atoms with Crippen molar-refractivity contribution in [2.24, 2.45) is 0 Å². The fraction of sp³-hybridized carbons (Fsp3) is 0.0370. The van der Waals surface area contributed by atoms with Crippen LogP contribution in [0.4, 0.5) is 16.2 Å². The third-order valence-electron chi connectivity index (χ3n) is 5.39. The molecule has 5 rings (SSSR count). The van der Waals surface area contributed by atoms with Gasteiger partial charge in [-0.2, -0.15) is 0 Å². The molecule has 6 heteroatoms. The van der Waals surface area contributed by atoms with Crippen molar-refractivity contribution >= 4 is 23.3 Å². The highest BCUT2D eigenvalue weighted by Crippen LogP contribution is 2.30. The number of nitrogens with one attached hydrogen (secondary N) is 3. The molecule has 1 aliphatic heterocycles. The Morgan fingerprint density at radius 1 is 0.697 bits per heavy atom. The maximum atomic E-state index is 12.4. The van der Waals surface area contributed by atoms with Crippen molar-refractivity contribution in [1.82, 2.24) is 5.32 Å². The van der Waals surface area contributed by atoms with E-state index in [2.05, 4.69) is 16.0 Å². The quantitative estimate of drug-likeness (QED) is 0.358. The molecular formula is C27H21N3O3. The predicted octanol–water partition coefficient (Wildman–Crippen LogP) is 6.03. The van der Waals surface area contributed by atoms with Crippen LogP contribution in [0.3, 0.4) is 0 Å². The number of anilines is 2. The highest BCUT2D eigenvalue weighted by atomic mass is 16.5. The molecule has 0 saturated carbocycles. The molecule has 0 fully saturated rings. The first-order valence-corrected chi connectivity index (χ1v) is 10.6. The molecule has 0 unspecified atom stereocenters. The molecule has 1 heterocycles. The third-order valence-corrected chi connectivity index (χ3v) is 5.39. The molecule has 1 aliphatic rings. The molecule has 0 aromatic heterocycles. The summed E-state index contributed by atoms with van der Waals surface area (Å²) in [4.78, 5) is 24.3. The molecule has 0 bridgehead atoms. The predicted molar refractivity (Wildman–Crippen MR) is 129 cm³/mol. The van der Waals surface area contributed by atoms with Gasteiger partial charge in [0.2, 0.25) is 0 Å². The molecule has 4 aromatic rings. The van der Waals surface area contributed by atoms with E-state index < -0.39 is 0 Å². The fourth-order valence-corrected chi connectivity index (χ4v) is 3.78. The van der Waals surface area contributed by atoms with E-state index in [-0.39, 0.29) is 11.9 Å². The Labute approximate surface area is 191 Å². The Hall–Kier alpha value is -4.58. The van der Waals surface area contributed by atoms with Crippen LogP contribution in [0.5, 0.6) is 11.5 Å². The summed E-state index contributed by atoms with van der Waals surface area (Å²) in [6.07, 6.45) is 0. The second-order valence-corrected chi connectivity index (χ2v) is 7.61. The molecule has 0 aliphatic carbocycles. The lowest BCUT2D eigenvalue weighted by molar-refractivity contribution is 0.0965. The zero-order valence-electron chi connectivity index (χ0n) is 17.7. The van der Waals surface area contributed by atoms with Crippen molar-refractivity contribution < 1.29 is 14.3 Å². The Morgan fingerprint density at radius 3 is 2.00 bits per heavy atom. The number of para-hydroxylation sites is 1. The number of hydrogen-bond acceptors (Lipinski definition) is 3. The largest absolute Gasteiger partial charge is 0.457 e. The van der Waals surface area contributed by atoms with Gasteiger partial charge in [0.15, 0.2) is 0 Å². The lowest BCUT2D eigenvalue weighted by Gasteiger charge is -2.11. The molecule has 0 spiro atoms. The van der Waals surface area contributed by atoms with Gasteiger partial charge in [-0.3, -0.25) is 4.79 Å². The van der Waals surface area contributed by atoms with Crippen molar-refractivity contribution in [2.75, 3.05) is 10.6 Å². The Bertz CT molecular complexity index is 1300. The van der Waals surface area contributed by atoms with Crippen molar-refractivity contribution in [1.29, 1.82) is 0 Å². The molecule has 0 saturated heterocycles. The first kappa shape index (κ1) is 20.3. The standard InChI is InChI=1S/C27H21N3O3/c31-26-24-8-4-7-23(25(24)17-28-26)18-9-11-19(12-10-18)29-27(32)30-20-13-15-22(16-14-20)33-21-5-2-1-3-6-21/h1-16H,17H2,(H,28,31)(H2,29,30,32). The molecule has 4 aromatic carbocycles. The van der Waals surface area contributed by atoms with Crippen molar-refractivity contribution in [3.63, 3.8) is 0 Å². The van der Waals surface area contributed by atoms with E-state index in [0.29, 0.717) is 29.2 Å². The number of ether oxygens (including phenoxy) is 1. The molecule has 3 N–H and O–H groups in total. The van der Waals surface area contributed by atoms with Crippen LogP contribution in [0.2, 0.25) is 0 Å². The van der Waals surface area contributed by atoms with E-state index in [1.807, 2.05) is 72.8 Å². The number of benzene rings is 4. The van der Waals surface area contributed by atoms with Gasteiger partial charge in [0.25, 0.3) is 5.91 Å². The summed E-state index contributed by atoms with van der Waals surface area (Å²) < 4.78 is 5.76. The summed E-state index contributed by atoms with van der Waals surface area (Å²) in [6, 6.07) is 29.6. The number of amides is 3. The van der Waals surface area contributed by atoms with Gasteiger partial charge in [0.1, 0.15) is 11.5 Å². The Morgan fingerprint density at radius 2 is 1.30 bits per heavy atom. The number of fused-ring (bicyclic) bond motifs is 1. The molecule has 3 amide bonds. The molecular weight excluding hydrogens is 414 g/mol. The summed E-state index contributed by atoms with van der Waals surface area (Å²) in [5, 5.41) is 8.51. The van der Waals surface area contributed by atoms with Crippen molar-refractivity contribution in [3.05, 3.63) is 108 Å². The minimum atomic E-state index is -0.338. The van der Waals surface area contributed by atoms with Crippen LogP contribution >= 0.6 is 0 Å². The minimum absolute atomic E-state index is 0.0403. The zero-order chi connectivity index (χ0) is 22.6. The molecule has 6 nitrogen and oxygen atoms in total. The van der Waals surface area contributed by atoms with E-state index in [9.17, 15) is 9.59 Å². The first-order valence-electron chi connectivity index (χ1n) is 10.6. The highest BCUT2D eigenvalue weighted by Gasteiger charge is 2.21. The third kappa shape index (κ3) is 4.55. The van der Waals surface area contributed by atoms with Crippen LogP contribution in [0.1, 0.15) is 15.9 Å². The summed E-state index contributed by atoms with van der Waals surface area (Å²) in [7, 11) is 0. The van der Waals surface area contributed by atoms with Gasteiger partial charge in [-0.1, -0.05) is 42.5 Å². The van der Waals surface area contributed by atoms with Gasteiger partial charge in [-0.25, -0.2) is 4.79 Å². The second-order valence-electron chi connectivity index (χ2n) is 7.61. The topological polar surface area (TPSA) is 79.5 Å². The zero-order valence-corrected chi connectivity index (χ0v) is 17.7. The van der Waals surface area contributed by atoms with Crippen molar-refractivity contribution in [2.45, 2.75) is 6.54 Å². The number of carbonyl (C=O) groups is 2. The lowest BCUT2D eigenvalue weighted by Crippen LogP contribution is -2.19. The summed E-state index contributed by atoms with van der Waals surface area (Å²) in [5.41, 5.74) is 5.04. The van der Waals surface area contributed by atoms with E-state index in [0.717, 1.165) is 22.4 Å². The number of rotatable bonds is 5. The highest BCUT2D eigenvalue weighted by molar-refractivity contribution is 6.01. The average molecular weight is 435 g/mol. The van der Waals surface area contributed by atoms with Crippen LogP contribution in [0.25, 0.3) is 11.1 Å². The van der Waals surface area contributed by atoms with Crippen LogP contribution < -0.4 is 20.7 Å². The fourth-order valence-electron chi connectivity index (χ4n) is 3.78. The van der Waals surface area contributed by atoms with Gasteiger partial charge in [0, 0.05) is 23.5 Å². The number of urea groups is 1. The Balaban J connectivity index is 1.21. The summed E-state index contributed by atoms with van der Waals surface area (Å²) in [5.74, 6) is 1.40. The number of hydrogen-bond donors (Lipinski definition) is 3. The van der Waals surface area contributed by atoms with Gasteiger partial charge < -0.3 is 20.7 Å². The van der Waals surface area contributed by atoms with E-state index in [4.69, 9.17) is 4.74 Å². The van der Waals surface area contributed by atoms with Crippen LogP contribution in [-0.2, 0) is 6.54 Å². The van der Waals surface area contributed by atoms with Crippen LogP contribution in [0, 0.1) is 0 Å². The monoisotopic (exact) mass is 435 g/mol. The SMILES string of the molecule is O=C(Nc1ccc(Oc2ccccc2)cc1)Nc1ccc(-c2cccc3c2CNC3=O)cc1. The lowest BCUT2D eigenvalue weighted by atomic mass is 9.97. The minimum Gasteiger partial charge on any atom is -0.457 e. The summed E-state index contributed by atoms with van der Waals surface area (Å²) in [6.45, 7) is 0.530. The van der Waals surface area contributed by atoms with Gasteiger partial charge in [-0.15, -0.1) is 0 Å². The second kappa shape index (κ2) is 8.88. The Kier molecular flexibility index (Phi) is 5.47. The van der Waals surface area contributed by atoms with Crippen LogP contribution in [-0.4, -0.2) is 11.9 Å². The van der Waals surface area contributed by atoms with Crippen LogP contribution in [0.15, 0.2) is 97.1 Å². The van der Waals surface area contributed by atoms with E-state index >= 15 is 0 Å². The molecule has 33 heavy (non-hydrogen) atoms. The first-order chi connectivity index (χ1) is 16.2. The van der Waals surface area contributed by atoms with Crippen molar-refractivity contribution in [3.8, 4) is 22.6 Å².